The average molecular weight is 403 g/mol. The van der Waals surface area contributed by atoms with Crippen molar-refractivity contribution >= 4 is 16.8 Å². The van der Waals surface area contributed by atoms with Crippen LogP contribution in [-0.2, 0) is 0 Å². The van der Waals surface area contributed by atoms with Gasteiger partial charge in [0.15, 0.2) is 5.78 Å². The minimum atomic E-state index is -0.224. The molecule has 2 heterocycles. The van der Waals surface area contributed by atoms with Crippen LogP contribution in [0, 0.1) is 0 Å². The summed E-state index contributed by atoms with van der Waals surface area (Å²) in [4.78, 5) is 16.4. The summed E-state index contributed by atoms with van der Waals surface area (Å²) in [5.74, 6) is 0.455. The Kier molecular flexibility index (Phi) is 7.62. The zero-order chi connectivity index (χ0) is 20.6. The van der Waals surface area contributed by atoms with Crippen LogP contribution in [0.15, 0.2) is 33.8 Å². The van der Waals surface area contributed by atoms with Crippen molar-refractivity contribution in [2.24, 2.45) is 5.16 Å². The zero-order valence-electron chi connectivity index (χ0n) is 16.8. The first-order valence-corrected chi connectivity index (χ1v) is 10.1. The normalized spacial score (nSPS) is 16.4. The van der Waals surface area contributed by atoms with Crippen molar-refractivity contribution in [3.63, 3.8) is 0 Å². The number of rotatable bonds is 9. The lowest BCUT2D eigenvalue weighted by Gasteiger charge is -2.34. The lowest BCUT2D eigenvalue weighted by atomic mass is 10.1. The number of hydrogen-bond acceptors (Lipinski definition) is 8. The molecule has 0 bridgehead atoms. The third kappa shape index (κ3) is 5.79. The van der Waals surface area contributed by atoms with Gasteiger partial charge in [0.2, 0.25) is 0 Å². The molecule has 0 atom stereocenters. The molecule has 29 heavy (non-hydrogen) atoms. The van der Waals surface area contributed by atoms with E-state index in [-0.39, 0.29) is 23.5 Å². The van der Waals surface area contributed by atoms with Gasteiger partial charge >= 0.3 is 0 Å². The Morgan fingerprint density at radius 3 is 2.52 bits per heavy atom. The predicted molar refractivity (Wildman–Crippen MR) is 108 cm³/mol. The smallest absolute Gasteiger partial charge is 0.266 e. The molecule has 0 radical (unpaired) electrons. The van der Waals surface area contributed by atoms with Gasteiger partial charge in [0.25, 0.3) is 5.55 Å². The Hall–Kier alpha value is -2.42. The summed E-state index contributed by atoms with van der Waals surface area (Å²) < 4.78 is 11.4. The number of fused-ring (bicyclic) bond motifs is 1. The number of hydrogen-bond donors (Lipinski definition) is 2. The molecule has 8 heteroatoms. The van der Waals surface area contributed by atoms with Gasteiger partial charge in [-0.25, -0.2) is 0 Å². The molecule has 2 N–H and O–H groups in total. The highest BCUT2D eigenvalue weighted by Crippen LogP contribution is 2.21. The number of aliphatic hydroxyl groups excluding tert-OH is 1. The number of piperazine rings is 1. The minimum Gasteiger partial charge on any atom is -0.493 e. The van der Waals surface area contributed by atoms with E-state index in [4.69, 9.17) is 19.5 Å². The second-order valence-electron chi connectivity index (χ2n) is 7.28. The van der Waals surface area contributed by atoms with Crippen molar-refractivity contribution in [2.45, 2.75) is 19.8 Å². The van der Waals surface area contributed by atoms with Gasteiger partial charge in [-0.05, 0) is 49.7 Å². The van der Waals surface area contributed by atoms with Gasteiger partial charge in [-0.3, -0.25) is 9.69 Å². The summed E-state index contributed by atoms with van der Waals surface area (Å²) in [6.45, 7) is 8.20. The maximum Gasteiger partial charge on any atom is 0.266 e. The summed E-state index contributed by atoms with van der Waals surface area (Å²) >= 11 is 0. The first kappa shape index (κ1) is 21.3. The fourth-order valence-electron chi connectivity index (χ4n) is 3.52. The highest BCUT2D eigenvalue weighted by molar-refractivity contribution is 5.96. The number of carbonyl (C=O) groups excluding carboxylic acids is 1. The number of nitrogens with zero attached hydrogens (tertiary/aromatic N) is 3. The maximum atomic E-state index is 11.6. The summed E-state index contributed by atoms with van der Waals surface area (Å²) in [6, 6.07) is 7.07. The number of ketones is 1. The molecule has 1 aromatic carbocycles. The third-order valence-electron chi connectivity index (χ3n) is 5.21. The largest absolute Gasteiger partial charge is 0.493 e. The first-order valence-electron chi connectivity index (χ1n) is 10.1. The Morgan fingerprint density at radius 1 is 1.14 bits per heavy atom. The van der Waals surface area contributed by atoms with Gasteiger partial charge in [0.05, 0.1) is 18.8 Å². The van der Waals surface area contributed by atoms with Gasteiger partial charge in [0.1, 0.15) is 11.3 Å². The van der Waals surface area contributed by atoms with Gasteiger partial charge in [-0.15, -0.1) is 0 Å². The van der Waals surface area contributed by atoms with Crippen LogP contribution in [0.5, 0.6) is 5.75 Å². The molecule has 0 unspecified atom stereocenters. The van der Waals surface area contributed by atoms with Crippen molar-refractivity contribution in [1.29, 1.82) is 0 Å². The van der Waals surface area contributed by atoms with Crippen LogP contribution < -0.4 is 10.3 Å². The summed E-state index contributed by atoms with van der Waals surface area (Å²) in [5, 5.41) is 21.9. The van der Waals surface area contributed by atoms with E-state index in [9.17, 15) is 4.79 Å². The van der Waals surface area contributed by atoms with E-state index in [2.05, 4.69) is 15.0 Å². The number of ether oxygens (including phenoxy) is 1. The lowest BCUT2D eigenvalue weighted by Crippen LogP contribution is -2.47. The molecular formula is C21H29N3O5. The molecule has 0 amide bonds. The highest BCUT2D eigenvalue weighted by Gasteiger charge is 2.15. The van der Waals surface area contributed by atoms with E-state index in [1.165, 1.54) is 6.92 Å². The van der Waals surface area contributed by atoms with E-state index in [1.54, 1.807) is 12.1 Å². The molecule has 158 valence electrons. The van der Waals surface area contributed by atoms with Crippen molar-refractivity contribution in [3.8, 4) is 5.75 Å². The molecule has 2 aromatic rings. The Balaban J connectivity index is 1.46. The van der Waals surface area contributed by atoms with Gasteiger partial charge in [0, 0.05) is 44.2 Å². The van der Waals surface area contributed by atoms with E-state index >= 15 is 0 Å². The zero-order valence-corrected chi connectivity index (χ0v) is 16.8. The van der Waals surface area contributed by atoms with Crippen molar-refractivity contribution in [2.75, 3.05) is 52.5 Å². The topological polar surface area (TPSA) is 98.7 Å². The molecule has 0 saturated carbocycles. The summed E-state index contributed by atoms with van der Waals surface area (Å²) in [6.07, 6.45) is 2.01. The molecular weight excluding hydrogens is 374 g/mol. The molecule has 1 aliphatic rings. The van der Waals surface area contributed by atoms with E-state index < -0.39 is 0 Å². The molecule has 1 saturated heterocycles. The van der Waals surface area contributed by atoms with Crippen LogP contribution >= 0.6 is 0 Å². The van der Waals surface area contributed by atoms with Crippen LogP contribution in [0.25, 0.3) is 11.0 Å². The SMILES string of the molecule is CC(=O)c1cc2ccc(OCCCCN3CCN(CCO)CC3)cc2oc1=NO. The van der Waals surface area contributed by atoms with E-state index in [1.807, 2.05) is 12.1 Å². The number of unbranched alkanes of at least 4 members (excludes halogenated alkanes) is 1. The van der Waals surface area contributed by atoms with Gasteiger partial charge in [-0.2, -0.15) is 0 Å². The lowest BCUT2D eigenvalue weighted by molar-refractivity contribution is 0.101. The number of β-amino-alcohol motifs (C(OH)–C–C–N with tert-alkyl or cyclic N) is 1. The maximum absolute atomic E-state index is 11.6. The van der Waals surface area contributed by atoms with Crippen molar-refractivity contribution in [3.05, 3.63) is 35.4 Å². The minimum absolute atomic E-state index is 0.0961. The van der Waals surface area contributed by atoms with Crippen LogP contribution in [0.2, 0.25) is 0 Å². The van der Waals surface area contributed by atoms with E-state index in [0.717, 1.165) is 57.5 Å². The molecule has 1 aliphatic heterocycles. The average Bonchev–Trinajstić information content (AvgIpc) is 2.73. The highest BCUT2D eigenvalue weighted by atomic mass is 16.5. The molecule has 3 rings (SSSR count). The molecule has 1 fully saturated rings. The van der Waals surface area contributed by atoms with Crippen LogP contribution in [0.1, 0.15) is 30.1 Å². The third-order valence-corrected chi connectivity index (χ3v) is 5.21. The quantitative estimate of drug-likeness (QED) is 0.285. The fraction of sp³-hybridized carbons (Fsp3) is 0.524. The second kappa shape index (κ2) is 10.4. The molecule has 0 aliphatic carbocycles. The molecule has 8 nitrogen and oxygen atoms in total. The molecule has 1 aromatic heterocycles. The van der Waals surface area contributed by atoms with E-state index in [0.29, 0.717) is 17.9 Å². The number of carbonyl (C=O) groups is 1. The van der Waals surface area contributed by atoms with Gasteiger partial charge < -0.3 is 24.4 Å². The van der Waals surface area contributed by atoms with Crippen molar-refractivity contribution in [1.82, 2.24) is 9.80 Å². The second-order valence-corrected chi connectivity index (χ2v) is 7.28. The molecule has 0 spiro atoms. The fourth-order valence-corrected chi connectivity index (χ4v) is 3.52. The standard InChI is InChI=1S/C21H29N3O5/c1-16(26)19-14-17-4-5-18(15-20(17)29-21(19)22-27)28-13-3-2-6-23-7-9-24(10-8-23)11-12-25/h4-5,14-15,25,27H,2-3,6-13H2,1H3. The van der Waals surface area contributed by atoms with Gasteiger partial charge in [-0.1, -0.05) is 0 Å². The Bertz CT molecular complexity index is 888. The number of Topliss-reactive ketones (excluding diaryl/α,β-unsaturated/α-hetero) is 1. The number of benzene rings is 1. The van der Waals surface area contributed by atoms with Crippen LogP contribution in [0.4, 0.5) is 0 Å². The number of aliphatic hydroxyl groups is 1. The summed E-state index contributed by atoms with van der Waals surface area (Å²) in [7, 11) is 0. The first-order chi connectivity index (χ1) is 14.1. The monoisotopic (exact) mass is 403 g/mol. The Labute approximate surface area is 170 Å². The summed E-state index contributed by atoms with van der Waals surface area (Å²) in [5.41, 5.74) is 0.646. The van der Waals surface area contributed by atoms with Crippen molar-refractivity contribution < 1.29 is 24.3 Å². The van der Waals surface area contributed by atoms with Crippen LogP contribution in [0.3, 0.4) is 0 Å². The van der Waals surface area contributed by atoms with Crippen LogP contribution in [-0.4, -0.2) is 78.4 Å². The predicted octanol–water partition coefficient (Wildman–Crippen LogP) is 1.69. The Morgan fingerprint density at radius 2 is 1.86 bits per heavy atom.